The molecular formula is C21H26N4O. The van der Waals surface area contributed by atoms with Crippen LogP contribution in [0, 0.1) is 6.92 Å². The molecule has 0 saturated carbocycles. The van der Waals surface area contributed by atoms with Crippen molar-refractivity contribution in [1.29, 1.82) is 0 Å². The molecular weight excluding hydrogens is 324 g/mol. The molecule has 136 valence electrons. The lowest BCUT2D eigenvalue weighted by Gasteiger charge is -2.28. The first kappa shape index (κ1) is 17.0. The van der Waals surface area contributed by atoms with E-state index in [4.69, 9.17) is 4.98 Å². The lowest BCUT2D eigenvalue weighted by Crippen LogP contribution is -2.36. The van der Waals surface area contributed by atoms with E-state index in [0.29, 0.717) is 0 Å². The van der Waals surface area contributed by atoms with Gasteiger partial charge in [-0.15, -0.1) is 0 Å². The summed E-state index contributed by atoms with van der Waals surface area (Å²) in [5.74, 6) is 0.769. The second-order valence-electron chi connectivity index (χ2n) is 8.41. The summed E-state index contributed by atoms with van der Waals surface area (Å²) in [4.78, 5) is 26.0. The zero-order valence-electron chi connectivity index (χ0n) is 15.9. The van der Waals surface area contributed by atoms with Gasteiger partial charge in [-0.05, 0) is 31.0 Å². The van der Waals surface area contributed by atoms with Gasteiger partial charge in [0.1, 0.15) is 5.82 Å². The molecule has 2 aromatic heterocycles. The number of fused-ring (bicyclic) bond motifs is 2. The van der Waals surface area contributed by atoms with Gasteiger partial charge < -0.3 is 9.97 Å². The topological polar surface area (TPSA) is 64.8 Å². The minimum Gasteiger partial charge on any atom is -0.361 e. The molecule has 0 atom stereocenters. The highest BCUT2D eigenvalue weighted by Gasteiger charge is 2.25. The first-order chi connectivity index (χ1) is 12.3. The van der Waals surface area contributed by atoms with Gasteiger partial charge in [-0.3, -0.25) is 9.69 Å². The molecule has 0 radical (unpaired) electrons. The Morgan fingerprint density at radius 1 is 1.27 bits per heavy atom. The number of hydrogen-bond acceptors (Lipinski definition) is 3. The van der Waals surface area contributed by atoms with Crippen LogP contribution in [-0.2, 0) is 24.9 Å². The molecule has 1 aliphatic rings. The Kier molecular flexibility index (Phi) is 3.99. The SMILES string of the molecule is Cc1ccc2[nH]cc(CN3CCc4c(nc(C(C)(C)C)[nH]c4=O)C3)c2c1. The molecule has 1 aliphatic heterocycles. The van der Waals surface area contributed by atoms with Gasteiger partial charge in [-0.25, -0.2) is 4.98 Å². The Morgan fingerprint density at radius 2 is 2.08 bits per heavy atom. The maximum Gasteiger partial charge on any atom is 0.254 e. The number of benzene rings is 1. The fraction of sp³-hybridized carbons (Fsp3) is 0.429. The number of nitrogens with zero attached hydrogens (tertiary/aromatic N) is 2. The van der Waals surface area contributed by atoms with E-state index < -0.39 is 0 Å². The maximum atomic E-state index is 12.4. The summed E-state index contributed by atoms with van der Waals surface area (Å²) in [6.07, 6.45) is 2.86. The van der Waals surface area contributed by atoms with Crippen molar-refractivity contribution >= 4 is 10.9 Å². The number of aromatic nitrogens is 3. The molecule has 5 heteroatoms. The van der Waals surface area contributed by atoms with Crippen LogP contribution in [0.1, 0.15) is 49.0 Å². The maximum absolute atomic E-state index is 12.4. The molecule has 26 heavy (non-hydrogen) atoms. The summed E-state index contributed by atoms with van der Waals surface area (Å²) in [6.45, 7) is 10.8. The van der Waals surface area contributed by atoms with Crippen LogP contribution in [0.5, 0.6) is 0 Å². The van der Waals surface area contributed by atoms with Crippen LogP contribution in [0.25, 0.3) is 10.9 Å². The summed E-state index contributed by atoms with van der Waals surface area (Å²) in [6, 6.07) is 6.50. The van der Waals surface area contributed by atoms with Gasteiger partial charge in [-0.1, -0.05) is 32.4 Å². The highest BCUT2D eigenvalue weighted by atomic mass is 16.1. The van der Waals surface area contributed by atoms with Gasteiger partial charge >= 0.3 is 0 Å². The smallest absolute Gasteiger partial charge is 0.254 e. The first-order valence-corrected chi connectivity index (χ1v) is 9.23. The minimum atomic E-state index is -0.162. The molecule has 5 nitrogen and oxygen atoms in total. The van der Waals surface area contributed by atoms with Gasteiger partial charge in [0, 0.05) is 47.7 Å². The standard InChI is InChI=1S/C21H26N4O/c1-13-5-6-17-16(9-13)14(10-22-17)11-25-8-7-15-18(12-25)23-20(21(2,3)4)24-19(15)26/h5-6,9-10,22H,7-8,11-12H2,1-4H3,(H,23,24,26). The van der Waals surface area contributed by atoms with Crippen molar-refractivity contribution in [2.75, 3.05) is 6.54 Å². The van der Waals surface area contributed by atoms with Crippen LogP contribution in [-0.4, -0.2) is 26.4 Å². The predicted molar refractivity (Wildman–Crippen MR) is 104 cm³/mol. The van der Waals surface area contributed by atoms with Gasteiger partial charge in [0.25, 0.3) is 5.56 Å². The normalized spacial score (nSPS) is 15.4. The number of aromatic amines is 2. The van der Waals surface area contributed by atoms with Crippen LogP contribution in [0.3, 0.4) is 0 Å². The molecule has 0 spiro atoms. The Bertz CT molecular complexity index is 1020. The Morgan fingerprint density at radius 3 is 2.85 bits per heavy atom. The van der Waals surface area contributed by atoms with E-state index in [1.54, 1.807) is 0 Å². The molecule has 0 aliphatic carbocycles. The second-order valence-corrected chi connectivity index (χ2v) is 8.41. The molecule has 2 N–H and O–H groups in total. The molecule has 1 aromatic carbocycles. The van der Waals surface area contributed by atoms with Crippen molar-refractivity contribution in [2.24, 2.45) is 0 Å². The summed E-state index contributed by atoms with van der Waals surface area (Å²) >= 11 is 0. The lowest BCUT2D eigenvalue weighted by atomic mass is 9.95. The molecule has 3 aromatic rings. The van der Waals surface area contributed by atoms with Crippen molar-refractivity contribution in [2.45, 2.75) is 52.6 Å². The van der Waals surface area contributed by atoms with Crippen LogP contribution < -0.4 is 5.56 Å². The third-order valence-corrected chi connectivity index (χ3v) is 5.18. The highest BCUT2D eigenvalue weighted by molar-refractivity contribution is 5.83. The van der Waals surface area contributed by atoms with Crippen LogP contribution in [0.4, 0.5) is 0 Å². The highest BCUT2D eigenvalue weighted by Crippen LogP contribution is 2.24. The van der Waals surface area contributed by atoms with E-state index in [1.165, 1.54) is 22.0 Å². The Hall–Kier alpha value is -2.40. The third kappa shape index (κ3) is 3.07. The Labute approximate surface area is 153 Å². The van der Waals surface area contributed by atoms with Crippen molar-refractivity contribution in [1.82, 2.24) is 19.9 Å². The zero-order valence-corrected chi connectivity index (χ0v) is 15.9. The quantitative estimate of drug-likeness (QED) is 0.744. The first-order valence-electron chi connectivity index (χ1n) is 9.23. The number of hydrogen-bond donors (Lipinski definition) is 2. The summed E-state index contributed by atoms with van der Waals surface area (Å²) < 4.78 is 0. The minimum absolute atomic E-state index is 0.0299. The summed E-state index contributed by atoms with van der Waals surface area (Å²) in [7, 11) is 0. The van der Waals surface area contributed by atoms with Crippen LogP contribution in [0.15, 0.2) is 29.2 Å². The largest absolute Gasteiger partial charge is 0.361 e. The zero-order chi connectivity index (χ0) is 18.5. The van der Waals surface area contributed by atoms with Crippen molar-refractivity contribution in [3.8, 4) is 0 Å². The van der Waals surface area contributed by atoms with Gasteiger partial charge in [0.15, 0.2) is 0 Å². The molecule has 0 saturated heterocycles. The lowest BCUT2D eigenvalue weighted by molar-refractivity contribution is 0.240. The predicted octanol–water partition coefficient (Wildman–Crippen LogP) is 3.42. The number of rotatable bonds is 2. The van der Waals surface area contributed by atoms with E-state index in [9.17, 15) is 4.79 Å². The number of nitrogens with one attached hydrogen (secondary N) is 2. The molecule has 0 bridgehead atoms. The average Bonchev–Trinajstić information content (AvgIpc) is 2.96. The number of aryl methyl sites for hydroxylation is 1. The molecule has 0 fully saturated rings. The van der Waals surface area contributed by atoms with E-state index in [-0.39, 0.29) is 11.0 Å². The van der Waals surface area contributed by atoms with Gasteiger partial charge in [0.2, 0.25) is 0 Å². The van der Waals surface area contributed by atoms with E-state index in [1.807, 2.05) is 0 Å². The van der Waals surface area contributed by atoms with E-state index in [0.717, 1.165) is 43.1 Å². The summed E-state index contributed by atoms with van der Waals surface area (Å²) in [5.41, 5.74) is 5.39. The van der Waals surface area contributed by atoms with E-state index in [2.05, 4.69) is 67.0 Å². The molecule has 4 rings (SSSR count). The van der Waals surface area contributed by atoms with Crippen molar-refractivity contribution in [3.05, 3.63) is 63.0 Å². The van der Waals surface area contributed by atoms with Crippen molar-refractivity contribution in [3.63, 3.8) is 0 Å². The van der Waals surface area contributed by atoms with Crippen LogP contribution in [0.2, 0.25) is 0 Å². The third-order valence-electron chi connectivity index (χ3n) is 5.18. The fourth-order valence-corrected chi connectivity index (χ4v) is 3.65. The fourth-order valence-electron chi connectivity index (χ4n) is 3.65. The van der Waals surface area contributed by atoms with Gasteiger partial charge in [0.05, 0.1) is 5.69 Å². The van der Waals surface area contributed by atoms with E-state index >= 15 is 0 Å². The van der Waals surface area contributed by atoms with Crippen LogP contribution >= 0.6 is 0 Å². The monoisotopic (exact) mass is 350 g/mol. The summed E-state index contributed by atoms with van der Waals surface area (Å²) in [5, 5.41) is 1.28. The molecule has 0 amide bonds. The number of H-pyrrole nitrogens is 2. The molecule has 3 heterocycles. The van der Waals surface area contributed by atoms with Crippen molar-refractivity contribution < 1.29 is 0 Å². The molecule has 0 unspecified atom stereocenters. The average molecular weight is 350 g/mol. The van der Waals surface area contributed by atoms with Gasteiger partial charge in [-0.2, -0.15) is 0 Å². The Balaban J connectivity index is 1.63. The second kappa shape index (κ2) is 6.09.